The average molecular weight is 418 g/mol. The number of nitrogens with one attached hydrogen (secondary N) is 2. The Hall–Kier alpha value is -2.77. The molecule has 1 saturated heterocycles. The van der Waals surface area contributed by atoms with Crippen molar-refractivity contribution in [2.24, 2.45) is 5.92 Å². The maximum atomic E-state index is 13.0. The zero-order chi connectivity index (χ0) is 21.7. The first-order valence-corrected chi connectivity index (χ1v) is 10.6. The molecule has 2 unspecified atom stereocenters. The molecule has 3 rings (SSSR count). The van der Waals surface area contributed by atoms with Gasteiger partial charge < -0.3 is 20.1 Å². The van der Waals surface area contributed by atoms with E-state index in [-0.39, 0.29) is 30.8 Å². The van der Waals surface area contributed by atoms with Crippen molar-refractivity contribution in [3.05, 3.63) is 23.8 Å². The van der Waals surface area contributed by atoms with Crippen LogP contribution in [0.3, 0.4) is 0 Å². The van der Waals surface area contributed by atoms with E-state index in [2.05, 4.69) is 10.6 Å². The summed E-state index contributed by atoms with van der Waals surface area (Å²) in [6.07, 6.45) is 4.37. The Morgan fingerprint density at radius 2 is 2.10 bits per heavy atom. The zero-order valence-electron chi connectivity index (χ0n) is 18.0. The van der Waals surface area contributed by atoms with Crippen LogP contribution in [0.5, 0.6) is 11.5 Å². The molecular formula is C22H31N3O5. The van der Waals surface area contributed by atoms with E-state index in [4.69, 9.17) is 9.47 Å². The molecule has 0 aromatic heterocycles. The fraction of sp³-hybridized carbons (Fsp3) is 0.591. The van der Waals surface area contributed by atoms with Crippen molar-refractivity contribution in [3.63, 3.8) is 0 Å². The van der Waals surface area contributed by atoms with Crippen molar-refractivity contribution in [1.82, 2.24) is 15.5 Å². The summed E-state index contributed by atoms with van der Waals surface area (Å²) in [5, 5.41) is 5.64. The fourth-order valence-electron chi connectivity index (χ4n) is 4.19. The van der Waals surface area contributed by atoms with E-state index in [1.807, 2.05) is 26.0 Å². The molecule has 1 spiro atoms. The number of methoxy groups -OCH3 is 1. The number of imide groups is 1. The number of benzene rings is 1. The Bertz CT molecular complexity index is 812. The lowest BCUT2D eigenvalue weighted by Gasteiger charge is -2.36. The van der Waals surface area contributed by atoms with E-state index in [1.54, 1.807) is 13.2 Å². The molecule has 0 bridgehead atoms. The first-order chi connectivity index (χ1) is 14.4. The third-order valence-corrected chi connectivity index (χ3v) is 5.98. The van der Waals surface area contributed by atoms with Crippen LogP contribution in [0, 0.1) is 5.92 Å². The fourth-order valence-corrected chi connectivity index (χ4v) is 4.19. The first kappa shape index (κ1) is 21.9. The SMILES string of the molecule is CCCOc1ccc(CNC(=O)CN2C(=O)NC3(CCCCC3C)C2=O)cc1OC. The second-order valence-corrected chi connectivity index (χ2v) is 8.05. The van der Waals surface area contributed by atoms with Crippen molar-refractivity contribution < 1.29 is 23.9 Å². The van der Waals surface area contributed by atoms with Crippen LogP contribution >= 0.6 is 0 Å². The van der Waals surface area contributed by atoms with Gasteiger partial charge in [0.2, 0.25) is 5.91 Å². The maximum absolute atomic E-state index is 13.0. The van der Waals surface area contributed by atoms with E-state index in [9.17, 15) is 14.4 Å². The molecule has 4 amide bonds. The van der Waals surface area contributed by atoms with Crippen LogP contribution < -0.4 is 20.1 Å². The summed E-state index contributed by atoms with van der Waals surface area (Å²) in [7, 11) is 1.57. The number of rotatable bonds is 8. The van der Waals surface area contributed by atoms with E-state index >= 15 is 0 Å². The molecule has 8 heteroatoms. The largest absolute Gasteiger partial charge is 0.493 e. The van der Waals surface area contributed by atoms with Crippen molar-refractivity contribution >= 4 is 17.8 Å². The van der Waals surface area contributed by atoms with Gasteiger partial charge in [-0.25, -0.2) is 4.79 Å². The van der Waals surface area contributed by atoms with Crippen LogP contribution in [0.4, 0.5) is 4.79 Å². The average Bonchev–Trinajstić information content (AvgIpc) is 2.98. The van der Waals surface area contributed by atoms with Gasteiger partial charge in [-0.05, 0) is 42.9 Å². The number of carbonyl (C=O) groups is 3. The van der Waals surface area contributed by atoms with Crippen molar-refractivity contribution in [2.75, 3.05) is 20.3 Å². The van der Waals surface area contributed by atoms with Crippen LogP contribution in [0.2, 0.25) is 0 Å². The molecule has 1 aliphatic carbocycles. The molecule has 1 aromatic carbocycles. The smallest absolute Gasteiger partial charge is 0.325 e. The maximum Gasteiger partial charge on any atom is 0.325 e. The van der Waals surface area contributed by atoms with Crippen LogP contribution in [0.25, 0.3) is 0 Å². The third-order valence-electron chi connectivity index (χ3n) is 5.98. The van der Waals surface area contributed by atoms with E-state index in [0.717, 1.165) is 36.1 Å². The summed E-state index contributed by atoms with van der Waals surface area (Å²) >= 11 is 0. The van der Waals surface area contributed by atoms with Gasteiger partial charge in [0.15, 0.2) is 11.5 Å². The van der Waals surface area contributed by atoms with Gasteiger partial charge in [-0.3, -0.25) is 14.5 Å². The highest BCUT2D eigenvalue weighted by atomic mass is 16.5. The van der Waals surface area contributed by atoms with E-state index in [0.29, 0.717) is 24.5 Å². The highest BCUT2D eigenvalue weighted by molar-refractivity contribution is 6.09. The highest BCUT2D eigenvalue weighted by Crippen LogP contribution is 2.38. The summed E-state index contributed by atoms with van der Waals surface area (Å²) in [5.74, 6) is 0.646. The van der Waals surface area contributed by atoms with Crippen LogP contribution in [-0.4, -0.2) is 48.5 Å². The first-order valence-electron chi connectivity index (χ1n) is 10.6. The van der Waals surface area contributed by atoms with Crippen molar-refractivity contribution in [3.8, 4) is 11.5 Å². The summed E-state index contributed by atoms with van der Waals surface area (Å²) in [6, 6.07) is 4.97. The molecule has 0 radical (unpaired) electrons. The molecule has 2 N–H and O–H groups in total. The van der Waals surface area contributed by atoms with Gasteiger partial charge in [-0.1, -0.05) is 32.8 Å². The summed E-state index contributed by atoms with van der Waals surface area (Å²) in [4.78, 5) is 38.8. The van der Waals surface area contributed by atoms with Gasteiger partial charge in [-0.15, -0.1) is 0 Å². The zero-order valence-corrected chi connectivity index (χ0v) is 18.0. The molecule has 2 fully saturated rings. The lowest BCUT2D eigenvalue weighted by molar-refractivity contribution is -0.137. The van der Waals surface area contributed by atoms with E-state index < -0.39 is 11.6 Å². The minimum atomic E-state index is -0.850. The lowest BCUT2D eigenvalue weighted by atomic mass is 9.73. The van der Waals surface area contributed by atoms with Gasteiger partial charge in [0.05, 0.1) is 13.7 Å². The number of hydrogen-bond donors (Lipinski definition) is 2. The second kappa shape index (κ2) is 9.36. The number of ether oxygens (including phenoxy) is 2. The summed E-state index contributed by atoms with van der Waals surface area (Å²) in [5.41, 5.74) is -0.0178. The monoisotopic (exact) mass is 417 g/mol. The molecule has 164 valence electrons. The lowest BCUT2D eigenvalue weighted by Crippen LogP contribution is -2.54. The van der Waals surface area contributed by atoms with Gasteiger partial charge in [0.25, 0.3) is 5.91 Å². The van der Waals surface area contributed by atoms with Crippen LogP contribution in [0.1, 0.15) is 51.5 Å². The second-order valence-electron chi connectivity index (χ2n) is 8.05. The number of hydrogen-bond acceptors (Lipinski definition) is 5. The Balaban J connectivity index is 1.58. The Labute approximate surface area is 177 Å². The molecule has 2 aliphatic rings. The molecule has 8 nitrogen and oxygen atoms in total. The van der Waals surface area contributed by atoms with Crippen LogP contribution in [0.15, 0.2) is 18.2 Å². The molecule has 1 aliphatic heterocycles. The van der Waals surface area contributed by atoms with Gasteiger partial charge in [0, 0.05) is 6.54 Å². The molecule has 30 heavy (non-hydrogen) atoms. The molecular weight excluding hydrogens is 386 g/mol. The predicted molar refractivity (Wildman–Crippen MR) is 111 cm³/mol. The molecule has 1 aromatic rings. The third kappa shape index (κ3) is 4.37. The molecule has 1 saturated carbocycles. The summed E-state index contributed by atoms with van der Waals surface area (Å²) < 4.78 is 11.0. The topological polar surface area (TPSA) is 97.0 Å². The number of carbonyl (C=O) groups excluding carboxylic acids is 3. The number of amides is 4. The number of urea groups is 1. The van der Waals surface area contributed by atoms with Crippen molar-refractivity contribution in [1.29, 1.82) is 0 Å². The molecule has 1 heterocycles. The summed E-state index contributed by atoms with van der Waals surface area (Å²) in [6.45, 7) is 4.58. The normalized spacial score (nSPS) is 23.4. The minimum absolute atomic E-state index is 0.0664. The Morgan fingerprint density at radius 1 is 1.30 bits per heavy atom. The van der Waals surface area contributed by atoms with Gasteiger partial charge >= 0.3 is 6.03 Å². The molecule has 2 atom stereocenters. The Kier molecular flexibility index (Phi) is 6.84. The van der Waals surface area contributed by atoms with Crippen molar-refractivity contribution in [2.45, 2.75) is 58.0 Å². The number of nitrogens with zero attached hydrogens (tertiary/aromatic N) is 1. The van der Waals surface area contributed by atoms with Crippen LogP contribution in [-0.2, 0) is 16.1 Å². The standard InChI is InChI=1S/C22H31N3O5/c1-4-11-30-17-9-8-16(12-18(17)29-3)13-23-19(26)14-25-20(27)22(24-21(25)28)10-6-5-7-15(22)2/h8-9,12,15H,4-7,10-11,13-14H2,1-3H3,(H,23,26)(H,24,28). The quantitative estimate of drug-likeness (QED) is 0.634. The highest BCUT2D eigenvalue weighted by Gasteiger charge is 2.55. The van der Waals surface area contributed by atoms with Gasteiger partial charge in [-0.2, -0.15) is 0 Å². The predicted octanol–water partition coefficient (Wildman–Crippen LogP) is 2.60. The van der Waals surface area contributed by atoms with Gasteiger partial charge in [0.1, 0.15) is 12.1 Å². The Morgan fingerprint density at radius 3 is 2.80 bits per heavy atom. The minimum Gasteiger partial charge on any atom is -0.493 e. The van der Waals surface area contributed by atoms with E-state index in [1.165, 1.54) is 0 Å².